The molecule has 0 spiro atoms. The van der Waals surface area contributed by atoms with Crippen molar-refractivity contribution in [3.63, 3.8) is 0 Å². The lowest BCUT2D eigenvalue weighted by Gasteiger charge is -2.02. The van der Waals surface area contributed by atoms with E-state index in [-0.39, 0.29) is 17.2 Å². The lowest BCUT2D eigenvalue weighted by molar-refractivity contribution is 0.0685. The van der Waals surface area contributed by atoms with Gasteiger partial charge in [0.25, 0.3) is 5.76 Å². The molecule has 0 aliphatic carbocycles. The number of halogens is 1. The minimum atomic E-state index is -0.889. The van der Waals surface area contributed by atoms with E-state index in [1.165, 1.54) is 24.3 Å². The summed E-state index contributed by atoms with van der Waals surface area (Å²) in [6.45, 7) is 0. The molecule has 0 unspecified atom stereocenters. The molecule has 0 amide bonds. The number of para-hydroxylation sites is 1. The lowest BCUT2D eigenvalue weighted by atomic mass is 10.3. The van der Waals surface area contributed by atoms with Crippen molar-refractivity contribution in [3.8, 4) is 5.75 Å². The zero-order chi connectivity index (χ0) is 11.5. The Kier molecular flexibility index (Phi) is 2.55. The van der Waals surface area contributed by atoms with E-state index in [1.54, 1.807) is 0 Å². The maximum atomic E-state index is 13.1. The summed E-state index contributed by atoms with van der Waals surface area (Å²) in [5, 5.41) is 3.31. The van der Waals surface area contributed by atoms with E-state index in [2.05, 4.69) is 9.68 Å². The molecule has 0 atom stereocenters. The predicted molar refractivity (Wildman–Crippen MR) is 52.3 cm³/mol. The van der Waals surface area contributed by atoms with Crippen molar-refractivity contribution < 1.29 is 18.4 Å². The van der Waals surface area contributed by atoms with Crippen LogP contribution in [0.3, 0.4) is 0 Å². The molecular weight excluding hydrogens is 215 g/mol. The smallest absolute Gasteiger partial charge is 0.384 e. The number of hydrogen-bond acceptors (Lipinski definition) is 5. The van der Waals surface area contributed by atoms with Crippen LogP contribution in [-0.4, -0.2) is 11.1 Å². The second-order valence-corrected chi connectivity index (χ2v) is 2.93. The van der Waals surface area contributed by atoms with Gasteiger partial charge < -0.3 is 15.0 Å². The van der Waals surface area contributed by atoms with Gasteiger partial charge in [-0.2, -0.15) is 0 Å². The average molecular weight is 222 g/mol. The maximum Gasteiger partial charge on any atom is 0.384 e. The lowest BCUT2D eigenvalue weighted by Crippen LogP contribution is -2.10. The molecule has 0 bridgehead atoms. The average Bonchev–Trinajstić information content (AvgIpc) is 2.68. The molecule has 1 heterocycles. The molecule has 82 valence electrons. The number of ether oxygens (including phenoxy) is 1. The summed E-state index contributed by atoms with van der Waals surface area (Å²) < 4.78 is 22.4. The Morgan fingerprint density at radius 1 is 1.44 bits per heavy atom. The molecule has 0 aliphatic heterocycles. The van der Waals surface area contributed by atoms with Crippen LogP contribution in [0.15, 0.2) is 35.0 Å². The van der Waals surface area contributed by atoms with E-state index < -0.39 is 11.8 Å². The topological polar surface area (TPSA) is 78.4 Å². The molecule has 0 saturated heterocycles. The minimum Gasteiger partial charge on any atom is -0.417 e. The van der Waals surface area contributed by atoms with Gasteiger partial charge in [0.05, 0.1) is 6.20 Å². The first kappa shape index (κ1) is 10.2. The van der Waals surface area contributed by atoms with Crippen LogP contribution >= 0.6 is 0 Å². The van der Waals surface area contributed by atoms with Gasteiger partial charge in [0.15, 0.2) is 11.6 Å². The molecule has 1 aromatic heterocycles. The van der Waals surface area contributed by atoms with E-state index in [0.717, 1.165) is 6.20 Å². The van der Waals surface area contributed by atoms with Crippen LogP contribution in [0.1, 0.15) is 10.6 Å². The second kappa shape index (κ2) is 4.01. The molecule has 1 aromatic carbocycles. The molecule has 0 saturated carbocycles. The Balaban J connectivity index is 2.21. The third kappa shape index (κ3) is 1.85. The van der Waals surface area contributed by atoms with Gasteiger partial charge in [-0.3, -0.25) is 0 Å². The fraction of sp³-hybridized carbons (Fsp3) is 0. The highest BCUT2D eigenvalue weighted by Gasteiger charge is 2.18. The summed E-state index contributed by atoms with van der Waals surface area (Å²) in [5.41, 5.74) is 5.43. The Morgan fingerprint density at radius 2 is 2.19 bits per heavy atom. The zero-order valence-electron chi connectivity index (χ0n) is 8.01. The fourth-order valence-electron chi connectivity index (χ4n) is 1.08. The van der Waals surface area contributed by atoms with Crippen LogP contribution in [0.2, 0.25) is 0 Å². The highest BCUT2D eigenvalue weighted by atomic mass is 19.1. The number of carbonyl (C=O) groups excluding carboxylic acids is 1. The van der Waals surface area contributed by atoms with Crippen molar-refractivity contribution in [2.75, 3.05) is 5.73 Å². The molecule has 0 radical (unpaired) electrons. The third-order valence-corrected chi connectivity index (χ3v) is 1.82. The van der Waals surface area contributed by atoms with Crippen molar-refractivity contribution in [2.24, 2.45) is 0 Å². The number of hydrogen-bond donors (Lipinski definition) is 1. The molecule has 2 rings (SSSR count). The number of benzene rings is 1. The van der Waals surface area contributed by atoms with Crippen LogP contribution in [0.25, 0.3) is 0 Å². The largest absolute Gasteiger partial charge is 0.417 e. The molecular formula is C10H7FN2O3. The summed E-state index contributed by atoms with van der Waals surface area (Å²) in [6.07, 6.45) is 1.16. The van der Waals surface area contributed by atoms with Crippen molar-refractivity contribution >= 4 is 11.7 Å². The Bertz CT molecular complexity index is 524. The Morgan fingerprint density at radius 3 is 2.81 bits per heavy atom. The number of aromatic nitrogens is 1. The van der Waals surface area contributed by atoms with Gasteiger partial charge in [0, 0.05) is 0 Å². The van der Waals surface area contributed by atoms with E-state index in [0.29, 0.717) is 0 Å². The van der Waals surface area contributed by atoms with Gasteiger partial charge in [-0.25, -0.2) is 9.18 Å². The van der Waals surface area contributed by atoms with Crippen molar-refractivity contribution in [1.82, 2.24) is 5.16 Å². The number of nitrogens with two attached hydrogens (primary N) is 1. The first-order chi connectivity index (χ1) is 7.68. The number of rotatable bonds is 2. The number of nitrogens with zero attached hydrogens (tertiary/aromatic N) is 1. The normalized spacial score (nSPS) is 10.1. The number of esters is 1. The summed E-state index contributed by atoms with van der Waals surface area (Å²) in [4.78, 5) is 11.4. The van der Waals surface area contributed by atoms with Crippen LogP contribution in [0.4, 0.5) is 10.1 Å². The molecule has 2 N–H and O–H groups in total. The fourth-order valence-corrected chi connectivity index (χ4v) is 1.08. The summed E-state index contributed by atoms with van der Waals surface area (Å²) in [5.74, 6) is -1.97. The molecule has 5 nitrogen and oxygen atoms in total. The van der Waals surface area contributed by atoms with Crippen molar-refractivity contribution in [2.45, 2.75) is 0 Å². The second-order valence-electron chi connectivity index (χ2n) is 2.93. The van der Waals surface area contributed by atoms with Crippen LogP contribution in [0, 0.1) is 5.82 Å². The maximum absolute atomic E-state index is 13.1. The van der Waals surface area contributed by atoms with E-state index >= 15 is 0 Å². The van der Waals surface area contributed by atoms with Gasteiger partial charge in [-0.15, -0.1) is 0 Å². The quantitative estimate of drug-likeness (QED) is 0.617. The SMILES string of the molecule is Nc1cnoc1C(=O)Oc1ccccc1F. The van der Waals surface area contributed by atoms with Gasteiger partial charge in [0.1, 0.15) is 5.69 Å². The van der Waals surface area contributed by atoms with Crippen molar-refractivity contribution in [1.29, 1.82) is 0 Å². The Labute approximate surface area is 89.6 Å². The summed E-state index contributed by atoms with van der Waals surface area (Å²) >= 11 is 0. The summed E-state index contributed by atoms with van der Waals surface area (Å²) in [7, 11) is 0. The van der Waals surface area contributed by atoms with Crippen LogP contribution in [-0.2, 0) is 0 Å². The van der Waals surface area contributed by atoms with Crippen LogP contribution < -0.4 is 10.5 Å². The van der Waals surface area contributed by atoms with Crippen LogP contribution in [0.5, 0.6) is 5.75 Å². The van der Waals surface area contributed by atoms with E-state index in [1.807, 2.05) is 0 Å². The first-order valence-corrected chi connectivity index (χ1v) is 4.35. The van der Waals surface area contributed by atoms with E-state index in [4.69, 9.17) is 10.5 Å². The standard InChI is InChI=1S/C10H7FN2O3/c11-6-3-1-2-4-8(6)15-10(14)9-7(12)5-13-16-9/h1-5H,12H2. The molecule has 0 aliphatic rings. The first-order valence-electron chi connectivity index (χ1n) is 4.35. The number of carbonyl (C=O) groups is 1. The highest BCUT2D eigenvalue weighted by Crippen LogP contribution is 2.18. The Hall–Kier alpha value is -2.37. The monoisotopic (exact) mass is 222 g/mol. The van der Waals surface area contributed by atoms with Crippen molar-refractivity contribution in [3.05, 3.63) is 42.0 Å². The molecule has 2 aromatic rings. The summed E-state index contributed by atoms with van der Waals surface area (Å²) in [6, 6.07) is 5.51. The van der Waals surface area contributed by atoms with Gasteiger partial charge >= 0.3 is 5.97 Å². The van der Waals surface area contributed by atoms with E-state index in [9.17, 15) is 9.18 Å². The molecule has 16 heavy (non-hydrogen) atoms. The molecule has 6 heteroatoms. The van der Waals surface area contributed by atoms with Gasteiger partial charge in [-0.1, -0.05) is 17.3 Å². The zero-order valence-corrected chi connectivity index (χ0v) is 8.01. The van der Waals surface area contributed by atoms with Gasteiger partial charge in [-0.05, 0) is 12.1 Å². The number of anilines is 1. The minimum absolute atomic E-state index is 0.0429. The highest BCUT2D eigenvalue weighted by molar-refractivity contribution is 5.93. The third-order valence-electron chi connectivity index (χ3n) is 1.82. The van der Waals surface area contributed by atoms with Gasteiger partial charge in [0.2, 0.25) is 0 Å². The predicted octanol–water partition coefficient (Wildman–Crippen LogP) is 1.62. The number of nitrogen functional groups attached to an aromatic ring is 1. The molecule has 0 fully saturated rings.